The Labute approximate surface area is 61.6 Å². The van der Waals surface area contributed by atoms with E-state index in [9.17, 15) is 0 Å². The van der Waals surface area contributed by atoms with E-state index < -0.39 is 0 Å². The molecule has 0 aromatic heterocycles. The van der Waals surface area contributed by atoms with Crippen molar-refractivity contribution in [3.63, 3.8) is 0 Å². The highest BCUT2D eigenvalue weighted by atomic mass is 15.3. The fourth-order valence-electron chi connectivity index (χ4n) is 2.88. The summed E-state index contributed by atoms with van der Waals surface area (Å²) in [6, 6.07) is 1.72. The van der Waals surface area contributed by atoms with Crippen LogP contribution < -0.4 is 5.32 Å². The largest absolute Gasteiger partial charge is 0.308 e. The van der Waals surface area contributed by atoms with Gasteiger partial charge in [-0.3, -0.25) is 0 Å². The lowest BCUT2D eigenvalue weighted by atomic mass is 9.94. The number of piperidine rings is 1. The van der Waals surface area contributed by atoms with Crippen molar-refractivity contribution in [1.29, 1.82) is 0 Å². The van der Waals surface area contributed by atoms with Crippen molar-refractivity contribution in [2.24, 2.45) is 5.92 Å². The zero-order valence-corrected chi connectivity index (χ0v) is 6.21. The summed E-state index contributed by atoms with van der Waals surface area (Å²) in [6.45, 7) is 4.04. The van der Waals surface area contributed by atoms with Crippen molar-refractivity contribution in [3.8, 4) is 0 Å². The normalized spacial score (nSPS) is 57.6. The smallest absolute Gasteiger partial charge is 0.0227 e. The number of nitrogens with one attached hydrogen (secondary N) is 1. The number of fused-ring (bicyclic) bond motifs is 2. The third-order valence-corrected chi connectivity index (χ3v) is 3.36. The van der Waals surface area contributed by atoms with Gasteiger partial charge in [0.05, 0.1) is 0 Å². The predicted molar refractivity (Wildman–Crippen MR) is 39.9 cm³/mol. The van der Waals surface area contributed by atoms with Gasteiger partial charge in [-0.2, -0.15) is 0 Å². The first-order valence-electron chi connectivity index (χ1n) is 4.40. The van der Waals surface area contributed by atoms with Crippen molar-refractivity contribution in [3.05, 3.63) is 0 Å². The fourth-order valence-corrected chi connectivity index (χ4v) is 2.88. The van der Waals surface area contributed by atoms with E-state index in [2.05, 4.69) is 10.2 Å². The van der Waals surface area contributed by atoms with E-state index >= 15 is 0 Å². The molecule has 10 heavy (non-hydrogen) atoms. The second kappa shape index (κ2) is 1.74. The molecule has 0 amide bonds. The van der Waals surface area contributed by atoms with Gasteiger partial charge < -0.3 is 10.2 Å². The monoisotopic (exact) mass is 138 g/mol. The molecule has 0 spiro atoms. The third kappa shape index (κ3) is 0.611. The van der Waals surface area contributed by atoms with Gasteiger partial charge in [-0.1, -0.05) is 0 Å². The highest BCUT2D eigenvalue weighted by molar-refractivity contribution is 5.01. The molecule has 2 nitrogen and oxygen atoms in total. The molecule has 2 heteroatoms. The maximum Gasteiger partial charge on any atom is 0.0227 e. The van der Waals surface area contributed by atoms with Gasteiger partial charge in [0.15, 0.2) is 0 Å². The van der Waals surface area contributed by atoms with Gasteiger partial charge >= 0.3 is 0 Å². The van der Waals surface area contributed by atoms with Crippen molar-refractivity contribution < 1.29 is 0 Å². The minimum Gasteiger partial charge on any atom is -0.308 e. The van der Waals surface area contributed by atoms with Gasteiger partial charge in [0, 0.05) is 25.2 Å². The average molecular weight is 138 g/mol. The van der Waals surface area contributed by atoms with Crippen LogP contribution in [-0.2, 0) is 0 Å². The molecule has 4 atom stereocenters. The van der Waals surface area contributed by atoms with Crippen LogP contribution in [0.2, 0.25) is 0 Å². The summed E-state index contributed by atoms with van der Waals surface area (Å²) >= 11 is 0. The molecule has 0 aromatic carbocycles. The lowest BCUT2D eigenvalue weighted by molar-refractivity contribution is 0.146. The van der Waals surface area contributed by atoms with E-state index in [1.807, 2.05) is 0 Å². The minimum absolute atomic E-state index is 0.853. The molecular weight excluding hydrogens is 124 g/mol. The number of hydrogen-bond acceptors (Lipinski definition) is 2. The van der Waals surface area contributed by atoms with Gasteiger partial charge in [0.1, 0.15) is 0 Å². The summed E-state index contributed by atoms with van der Waals surface area (Å²) in [5, 5.41) is 3.68. The summed E-state index contributed by atoms with van der Waals surface area (Å²) < 4.78 is 0. The molecule has 0 radical (unpaired) electrons. The van der Waals surface area contributed by atoms with Crippen molar-refractivity contribution in [2.45, 2.75) is 24.9 Å². The molecule has 3 heterocycles. The van der Waals surface area contributed by atoms with E-state index in [1.54, 1.807) is 0 Å². The molecule has 3 rings (SSSR count). The molecule has 3 aliphatic heterocycles. The minimum atomic E-state index is 0.853. The Bertz CT molecular complexity index is 147. The molecule has 1 N–H and O–H groups in total. The third-order valence-electron chi connectivity index (χ3n) is 3.36. The maximum atomic E-state index is 3.68. The second-order valence-corrected chi connectivity index (χ2v) is 4.01. The summed E-state index contributed by atoms with van der Waals surface area (Å²) in [5.74, 6) is 1.03. The summed E-state index contributed by atoms with van der Waals surface area (Å²) in [5.41, 5.74) is 0. The Morgan fingerprint density at radius 1 is 1.30 bits per heavy atom. The van der Waals surface area contributed by atoms with Crippen molar-refractivity contribution in [1.82, 2.24) is 10.2 Å². The number of rotatable bonds is 0. The SMILES string of the molecule is C1C[N@@]2C[C@@H]3C[C@@H]1[C@@H](C2)N3. The van der Waals surface area contributed by atoms with Crippen molar-refractivity contribution in [2.75, 3.05) is 19.6 Å². The van der Waals surface area contributed by atoms with Crippen LogP contribution in [0.4, 0.5) is 0 Å². The van der Waals surface area contributed by atoms with Gasteiger partial charge in [-0.25, -0.2) is 0 Å². The van der Waals surface area contributed by atoms with Crippen LogP contribution in [0.25, 0.3) is 0 Å². The molecule has 0 aliphatic carbocycles. The predicted octanol–water partition coefficient (Wildman–Crippen LogP) is 0.0524. The Hall–Kier alpha value is -0.0800. The lowest BCUT2D eigenvalue weighted by Crippen LogP contribution is -2.54. The Kier molecular flexibility index (Phi) is 0.968. The molecule has 3 bridgehead atoms. The van der Waals surface area contributed by atoms with E-state index in [0.717, 1.165) is 18.0 Å². The molecule has 3 saturated heterocycles. The highest BCUT2D eigenvalue weighted by Crippen LogP contribution is 2.33. The highest BCUT2D eigenvalue weighted by Gasteiger charge is 2.42. The topological polar surface area (TPSA) is 15.3 Å². The van der Waals surface area contributed by atoms with Crippen molar-refractivity contribution >= 4 is 0 Å². The van der Waals surface area contributed by atoms with Gasteiger partial charge in [0.25, 0.3) is 0 Å². The molecule has 3 aliphatic rings. The second-order valence-electron chi connectivity index (χ2n) is 4.01. The standard InChI is InChI=1S/C8H14N2/c1-2-10-4-7-3-6(1)8(5-10)9-7/h6-9H,1-5H2/t6-,7+,8-/m1/s1. The van der Waals surface area contributed by atoms with Crippen LogP contribution >= 0.6 is 0 Å². The molecule has 0 aromatic rings. The summed E-state index contributed by atoms with van der Waals surface area (Å²) in [4.78, 5) is 2.62. The van der Waals surface area contributed by atoms with Gasteiger partial charge in [0.2, 0.25) is 0 Å². The Morgan fingerprint density at radius 2 is 2.30 bits per heavy atom. The van der Waals surface area contributed by atoms with E-state index in [0.29, 0.717) is 0 Å². The van der Waals surface area contributed by atoms with Crippen LogP contribution in [0, 0.1) is 5.92 Å². The zero-order valence-electron chi connectivity index (χ0n) is 6.21. The summed E-state index contributed by atoms with van der Waals surface area (Å²) in [7, 11) is 0. The first-order valence-corrected chi connectivity index (χ1v) is 4.40. The average Bonchev–Trinajstić information content (AvgIpc) is 2.11. The van der Waals surface area contributed by atoms with Gasteiger partial charge in [-0.05, 0) is 25.3 Å². The number of nitrogens with zero attached hydrogens (tertiary/aromatic N) is 1. The first-order chi connectivity index (χ1) is 4.92. The van der Waals surface area contributed by atoms with Gasteiger partial charge in [-0.15, -0.1) is 0 Å². The fraction of sp³-hybridized carbons (Fsp3) is 1.00. The lowest BCUT2D eigenvalue weighted by Gasteiger charge is -2.37. The van der Waals surface area contributed by atoms with E-state index in [-0.39, 0.29) is 0 Å². The van der Waals surface area contributed by atoms with Crippen LogP contribution in [0.15, 0.2) is 0 Å². The van der Waals surface area contributed by atoms with E-state index in [4.69, 9.17) is 0 Å². The molecule has 3 fully saturated rings. The molecule has 0 saturated carbocycles. The van der Waals surface area contributed by atoms with E-state index in [1.165, 1.54) is 32.5 Å². The van der Waals surface area contributed by atoms with Crippen LogP contribution in [0.3, 0.4) is 0 Å². The van der Waals surface area contributed by atoms with Crippen LogP contribution in [-0.4, -0.2) is 36.6 Å². The maximum absolute atomic E-state index is 3.68. The quantitative estimate of drug-likeness (QED) is 0.509. The Morgan fingerprint density at radius 3 is 3.30 bits per heavy atom. The number of hydrogen-bond donors (Lipinski definition) is 1. The molecular formula is C8H14N2. The Balaban J connectivity index is 1.94. The molecule has 0 unspecified atom stereocenters. The molecule has 56 valence electrons. The number of piperazine rings is 1. The van der Waals surface area contributed by atoms with Crippen LogP contribution in [0.1, 0.15) is 12.8 Å². The zero-order chi connectivity index (χ0) is 6.55. The summed E-state index contributed by atoms with van der Waals surface area (Å²) in [6.07, 6.45) is 2.91. The first kappa shape index (κ1) is 5.56. The van der Waals surface area contributed by atoms with Crippen LogP contribution in [0.5, 0.6) is 0 Å².